The minimum Gasteiger partial charge on any atom is -0.352 e. The van der Waals surface area contributed by atoms with E-state index in [0.29, 0.717) is 6.04 Å². The van der Waals surface area contributed by atoms with Crippen LogP contribution in [0.15, 0.2) is 0 Å². The van der Waals surface area contributed by atoms with Crippen LogP contribution in [0.4, 0.5) is 0 Å². The lowest BCUT2D eigenvalue weighted by molar-refractivity contribution is -0.122. The van der Waals surface area contributed by atoms with Gasteiger partial charge in [0.15, 0.2) is 0 Å². The Hall–Kier alpha value is -0.570. The van der Waals surface area contributed by atoms with Crippen molar-refractivity contribution in [1.29, 1.82) is 0 Å². The van der Waals surface area contributed by atoms with Crippen LogP contribution in [0.5, 0.6) is 0 Å². The van der Waals surface area contributed by atoms with Gasteiger partial charge in [0.05, 0.1) is 6.04 Å². The van der Waals surface area contributed by atoms with Crippen molar-refractivity contribution in [1.82, 2.24) is 10.6 Å². The predicted molar refractivity (Wildman–Crippen MR) is 42.2 cm³/mol. The topological polar surface area (TPSA) is 41.1 Å². The summed E-state index contributed by atoms with van der Waals surface area (Å²) in [7, 11) is 0. The molecule has 0 spiro atoms. The van der Waals surface area contributed by atoms with Gasteiger partial charge in [0.25, 0.3) is 0 Å². The maximum absolute atomic E-state index is 11.3. The normalized spacial score (nSPS) is 30.4. The molecule has 2 fully saturated rings. The van der Waals surface area contributed by atoms with E-state index in [4.69, 9.17) is 0 Å². The smallest absolute Gasteiger partial charge is 0.237 e. The molecule has 62 valence electrons. The van der Waals surface area contributed by atoms with E-state index in [1.165, 1.54) is 12.8 Å². The number of rotatable bonds is 2. The number of hydrogen-bond acceptors (Lipinski definition) is 2. The Bertz CT molecular complexity index is 159. The molecule has 0 aromatic rings. The molecule has 1 unspecified atom stereocenters. The zero-order valence-electron chi connectivity index (χ0n) is 6.60. The van der Waals surface area contributed by atoms with E-state index in [9.17, 15) is 4.79 Å². The molecule has 1 saturated heterocycles. The van der Waals surface area contributed by atoms with Gasteiger partial charge in [-0.2, -0.15) is 0 Å². The monoisotopic (exact) mass is 154 g/mol. The average molecular weight is 154 g/mol. The molecule has 1 atom stereocenters. The Morgan fingerprint density at radius 2 is 2.18 bits per heavy atom. The molecule has 1 heterocycles. The first kappa shape index (κ1) is 7.10. The first-order chi connectivity index (χ1) is 5.36. The summed E-state index contributed by atoms with van der Waals surface area (Å²) in [5.74, 6) is 0.213. The summed E-state index contributed by atoms with van der Waals surface area (Å²) in [6.45, 7) is 1.00. The third kappa shape index (κ3) is 1.71. The number of amides is 1. The number of carbonyl (C=O) groups excluding carboxylic acids is 1. The molecule has 1 saturated carbocycles. The number of nitrogens with one attached hydrogen (secondary N) is 2. The van der Waals surface area contributed by atoms with Crippen molar-refractivity contribution in [3.8, 4) is 0 Å². The van der Waals surface area contributed by atoms with Crippen LogP contribution >= 0.6 is 0 Å². The van der Waals surface area contributed by atoms with Crippen molar-refractivity contribution in [3.05, 3.63) is 0 Å². The second-order valence-electron chi connectivity index (χ2n) is 3.43. The van der Waals surface area contributed by atoms with Crippen LogP contribution in [0.3, 0.4) is 0 Å². The third-order valence-corrected chi connectivity index (χ3v) is 2.30. The van der Waals surface area contributed by atoms with E-state index in [0.717, 1.165) is 19.4 Å². The fourth-order valence-corrected chi connectivity index (χ4v) is 1.44. The lowest BCUT2D eigenvalue weighted by atomic mass is 10.2. The standard InChI is InChI=1S/C8H14N2O/c11-8(10-6-3-4-6)7-2-1-5-9-7/h6-7,9H,1-5H2,(H,10,11). The van der Waals surface area contributed by atoms with Crippen LogP contribution in [0, 0.1) is 0 Å². The number of carbonyl (C=O) groups is 1. The molecule has 2 N–H and O–H groups in total. The van der Waals surface area contributed by atoms with Crippen LogP contribution < -0.4 is 10.6 Å². The van der Waals surface area contributed by atoms with Crippen LogP contribution in [0.25, 0.3) is 0 Å². The lowest BCUT2D eigenvalue weighted by Crippen LogP contribution is -2.41. The summed E-state index contributed by atoms with van der Waals surface area (Å²) in [4.78, 5) is 11.3. The zero-order valence-corrected chi connectivity index (χ0v) is 6.60. The van der Waals surface area contributed by atoms with Gasteiger partial charge in [0, 0.05) is 6.04 Å². The van der Waals surface area contributed by atoms with Crippen LogP contribution in [-0.4, -0.2) is 24.5 Å². The summed E-state index contributed by atoms with van der Waals surface area (Å²) in [5.41, 5.74) is 0. The second-order valence-corrected chi connectivity index (χ2v) is 3.43. The van der Waals surface area contributed by atoms with Gasteiger partial charge in [0.2, 0.25) is 5.91 Å². The molecule has 3 nitrogen and oxygen atoms in total. The second kappa shape index (κ2) is 2.81. The first-order valence-electron chi connectivity index (χ1n) is 4.40. The van der Waals surface area contributed by atoms with Gasteiger partial charge in [-0.05, 0) is 32.2 Å². The molecule has 11 heavy (non-hydrogen) atoms. The maximum Gasteiger partial charge on any atom is 0.237 e. The summed E-state index contributed by atoms with van der Waals surface area (Å²) < 4.78 is 0. The van der Waals surface area contributed by atoms with E-state index in [1.807, 2.05) is 0 Å². The molecule has 2 aliphatic rings. The fraction of sp³-hybridized carbons (Fsp3) is 0.875. The maximum atomic E-state index is 11.3. The van der Waals surface area contributed by atoms with Crippen molar-refractivity contribution in [2.24, 2.45) is 0 Å². The lowest BCUT2D eigenvalue weighted by Gasteiger charge is -2.09. The summed E-state index contributed by atoms with van der Waals surface area (Å²) >= 11 is 0. The van der Waals surface area contributed by atoms with Crippen molar-refractivity contribution >= 4 is 5.91 Å². The summed E-state index contributed by atoms with van der Waals surface area (Å²) in [6, 6.07) is 0.612. The number of hydrogen-bond donors (Lipinski definition) is 2. The van der Waals surface area contributed by atoms with Crippen LogP contribution in [-0.2, 0) is 4.79 Å². The highest BCUT2D eigenvalue weighted by molar-refractivity contribution is 5.82. The SMILES string of the molecule is O=C(NC1CC1)C1CCCN1. The van der Waals surface area contributed by atoms with Crippen LogP contribution in [0.2, 0.25) is 0 Å². The van der Waals surface area contributed by atoms with Crippen molar-refractivity contribution < 1.29 is 4.79 Å². The van der Waals surface area contributed by atoms with E-state index < -0.39 is 0 Å². The molecular weight excluding hydrogens is 140 g/mol. The Morgan fingerprint density at radius 1 is 1.36 bits per heavy atom. The Labute approximate surface area is 66.5 Å². The van der Waals surface area contributed by atoms with Gasteiger partial charge in [-0.1, -0.05) is 0 Å². The highest BCUT2D eigenvalue weighted by atomic mass is 16.2. The Kier molecular flexibility index (Phi) is 1.82. The molecule has 1 aliphatic heterocycles. The zero-order chi connectivity index (χ0) is 7.68. The highest BCUT2D eigenvalue weighted by Gasteiger charge is 2.28. The van der Waals surface area contributed by atoms with E-state index in [2.05, 4.69) is 10.6 Å². The van der Waals surface area contributed by atoms with Gasteiger partial charge in [-0.3, -0.25) is 4.79 Å². The largest absolute Gasteiger partial charge is 0.352 e. The van der Waals surface area contributed by atoms with Gasteiger partial charge in [-0.25, -0.2) is 0 Å². The molecule has 0 bridgehead atoms. The molecule has 1 amide bonds. The van der Waals surface area contributed by atoms with Crippen molar-refractivity contribution in [2.45, 2.75) is 37.8 Å². The summed E-state index contributed by atoms with van der Waals surface area (Å²) in [5, 5.41) is 6.17. The fourth-order valence-electron chi connectivity index (χ4n) is 1.44. The van der Waals surface area contributed by atoms with Gasteiger partial charge >= 0.3 is 0 Å². The van der Waals surface area contributed by atoms with Gasteiger partial charge < -0.3 is 10.6 Å². The average Bonchev–Trinajstić information content (AvgIpc) is 2.67. The van der Waals surface area contributed by atoms with Crippen LogP contribution in [0.1, 0.15) is 25.7 Å². The van der Waals surface area contributed by atoms with Crippen molar-refractivity contribution in [2.75, 3.05) is 6.54 Å². The first-order valence-corrected chi connectivity index (χ1v) is 4.40. The van der Waals surface area contributed by atoms with Crippen molar-refractivity contribution in [3.63, 3.8) is 0 Å². The van der Waals surface area contributed by atoms with E-state index in [1.54, 1.807) is 0 Å². The minimum atomic E-state index is 0.107. The Balaban J connectivity index is 1.77. The molecule has 0 aromatic carbocycles. The van der Waals surface area contributed by atoms with Gasteiger partial charge in [-0.15, -0.1) is 0 Å². The third-order valence-electron chi connectivity index (χ3n) is 2.30. The molecule has 1 aliphatic carbocycles. The minimum absolute atomic E-state index is 0.107. The molecular formula is C8H14N2O. The summed E-state index contributed by atoms with van der Waals surface area (Å²) in [6.07, 6.45) is 4.51. The van der Waals surface area contributed by atoms with Gasteiger partial charge in [0.1, 0.15) is 0 Å². The molecule has 0 aromatic heterocycles. The van der Waals surface area contributed by atoms with E-state index in [-0.39, 0.29) is 11.9 Å². The Morgan fingerprint density at radius 3 is 2.73 bits per heavy atom. The predicted octanol–water partition coefficient (Wildman–Crippen LogP) is 0.0170. The van der Waals surface area contributed by atoms with E-state index >= 15 is 0 Å². The molecule has 3 heteroatoms. The molecule has 0 radical (unpaired) electrons. The highest BCUT2D eigenvalue weighted by Crippen LogP contribution is 2.19. The molecule has 2 rings (SSSR count). The quantitative estimate of drug-likeness (QED) is 0.588.